The third-order valence-corrected chi connectivity index (χ3v) is 5.86. The Hall–Kier alpha value is -3.00. The molecule has 1 aromatic carbocycles. The lowest BCUT2D eigenvalue weighted by Crippen LogP contribution is -2.37. The van der Waals surface area contributed by atoms with Crippen LogP contribution in [0.3, 0.4) is 0 Å². The van der Waals surface area contributed by atoms with Crippen LogP contribution in [0.1, 0.15) is 43.1 Å². The van der Waals surface area contributed by atoms with Crippen molar-refractivity contribution in [3.8, 4) is 16.3 Å². The standard InChI is InChI=1S/C21H22N4O3S/c1-13(25-19(26)10-9-18(24-25)14-3-4-14)20(27)22-11-16-12-29-21(23-16)15-5-7-17(28-2)8-6-15/h5-10,12-14H,3-4,11H2,1-2H3,(H,22,27). The van der Waals surface area contributed by atoms with E-state index in [0.717, 1.165) is 40.6 Å². The summed E-state index contributed by atoms with van der Waals surface area (Å²) in [6.45, 7) is 1.98. The number of rotatable bonds is 7. The summed E-state index contributed by atoms with van der Waals surface area (Å²) in [4.78, 5) is 29.3. The van der Waals surface area contributed by atoms with E-state index in [1.807, 2.05) is 29.6 Å². The van der Waals surface area contributed by atoms with Crippen molar-refractivity contribution in [1.82, 2.24) is 20.1 Å². The molecule has 150 valence electrons. The molecule has 1 aliphatic rings. The van der Waals surface area contributed by atoms with E-state index in [9.17, 15) is 9.59 Å². The monoisotopic (exact) mass is 410 g/mol. The molecule has 1 unspecified atom stereocenters. The van der Waals surface area contributed by atoms with Gasteiger partial charge in [-0.15, -0.1) is 11.3 Å². The number of nitrogens with zero attached hydrogens (tertiary/aromatic N) is 3. The van der Waals surface area contributed by atoms with Crippen molar-refractivity contribution in [1.29, 1.82) is 0 Å². The molecule has 0 spiro atoms. The molecule has 1 aliphatic carbocycles. The van der Waals surface area contributed by atoms with Gasteiger partial charge in [0.25, 0.3) is 5.56 Å². The Morgan fingerprint density at radius 2 is 2.03 bits per heavy atom. The molecule has 4 rings (SSSR count). The molecule has 0 saturated heterocycles. The lowest BCUT2D eigenvalue weighted by molar-refractivity contribution is -0.124. The highest BCUT2D eigenvalue weighted by atomic mass is 32.1. The number of thiazole rings is 1. The minimum absolute atomic E-state index is 0.258. The van der Waals surface area contributed by atoms with Gasteiger partial charge in [-0.1, -0.05) is 0 Å². The van der Waals surface area contributed by atoms with E-state index < -0.39 is 6.04 Å². The summed E-state index contributed by atoms with van der Waals surface area (Å²) in [5, 5.41) is 10.0. The van der Waals surface area contributed by atoms with E-state index in [-0.39, 0.29) is 11.5 Å². The van der Waals surface area contributed by atoms with Gasteiger partial charge in [-0.25, -0.2) is 9.67 Å². The van der Waals surface area contributed by atoms with Crippen LogP contribution < -0.4 is 15.6 Å². The van der Waals surface area contributed by atoms with E-state index in [2.05, 4.69) is 15.4 Å². The van der Waals surface area contributed by atoms with Crippen LogP contribution in [0.15, 0.2) is 46.6 Å². The van der Waals surface area contributed by atoms with Gasteiger partial charge in [0, 0.05) is 22.9 Å². The Labute approximate surface area is 172 Å². The second-order valence-electron chi connectivity index (χ2n) is 7.08. The zero-order chi connectivity index (χ0) is 20.4. The Bertz CT molecular complexity index is 1070. The second-order valence-corrected chi connectivity index (χ2v) is 7.94. The average Bonchev–Trinajstić information content (AvgIpc) is 3.49. The van der Waals surface area contributed by atoms with Crippen LogP contribution in [0.2, 0.25) is 0 Å². The first-order chi connectivity index (χ1) is 14.0. The highest BCUT2D eigenvalue weighted by molar-refractivity contribution is 7.13. The van der Waals surface area contributed by atoms with Crippen LogP contribution >= 0.6 is 11.3 Å². The molecule has 1 atom stereocenters. The van der Waals surface area contributed by atoms with Crippen molar-refractivity contribution in [2.45, 2.75) is 38.3 Å². The largest absolute Gasteiger partial charge is 0.497 e. The zero-order valence-electron chi connectivity index (χ0n) is 16.3. The lowest BCUT2D eigenvalue weighted by Gasteiger charge is -2.14. The van der Waals surface area contributed by atoms with Gasteiger partial charge >= 0.3 is 0 Å². The molecule has 1 fully saturated rings. The summed E-state index contributed by atoms with van der Waals surface area (Å²) < 4.78 is 6.44. The van der Waals surface area contributed by atoms with Crippen LogP contribution in [-0.2, 0) is 11.3 Å². The predicted molar refractivity (Wildman–Crippen MR) is 111 cm³/mol. The predicted octanol–water partition coefficient (Wildman–Crippen LogP) is 3.13. The van der Waals surface area contributed by atoms with Crippen LogP contribution in [0.25, 0.3) is 10.6 Å². The van der Waals surface area contributed by atoms with Crippen LogP contribution in [0.4, 0.5) is 0 Å². The Kier molecular flexibility index (Phi) is 5.44. The summed E-state index contributed by atoms with van der Waals surface area (Å²) in [7, 11) is 1.63. The molecule has 1 amide bonds. The summed E-state index contributed by atoms with van der Waals surface area (Å²) in [6.07, 6.45) is 2.18. The smallest absolute Gasteiger partial charge is 0.267 e. The Morgan fingerprint density at radius 1 is 1.28 bits per heavy atom. The van der Waals surface area contributed by atoms with Crippen molar-refractivity contribution in [3.05, 3.63) is 63.5 Å². The minimum Gasteiger partial charge on any atom is -0.497 e. The molecule has 8 heteroatoms. The quantitative estimate of drug-likeness (QED) is 0.647. The van der Waals surface area contributed by atoms with Gasteiger partial charge in [0.2, 0.25) is 5.91 Å². The molecular weight excluding hydrogens is 388 g/mol. The van der Waals surface area contributed by atoms with Crippen molar-refractivity contribution in [2.75, 3.05) is 7.11 Å². The van der Waals surface area contributed by atoms with E-state index in [1.54, 1.807) is 20.1 Å². The maximum Gasteiger partial charge on any atom is 0.267 e. The number of ether oxygens (including phenoxy) is 1. The summed E-state index contributed by atoms with van der Waals surface area (Å²) in [6, 6.07) is 10.3. The molecule has 7 nitrogen and oxygen atoms in total. The zero-order valence-corrected chi connectivity index (χ0v) is 17.1. The normalized spacial score (nSPS) is 14.4. The molecule has 0 aliphatic heterocycles. The third kappa shape index (κ3) is 4.37. The molecule has 3 aromatic rings. The molecule has 29 heavy (non-hydrogen) atoms. The summed E-state index contributed by atoms with van der Waals surface area (Å²) >= 11 is 1.52. The summed E-state index contributed by atoms with van der Waals surface area (Å²) in [5.41, 5.74) is 2.38. The molecule has 0 bridgehead atoms. The molecule has 1 N–H and O–H groups in total. The number of hydrogen-bond acceptors (Lipinski definition) is 6. The fourth-order valence-electron chi connectivity index (χ4n) is 3.01. The van der Waals surface area contributed by atoms with Gasteiger partial charge < -0.3 is 10.1 Å². The van der Waals surface area contributed by atoms with Gasteiger partial charge in [0.05, 0.1) is 25.0 Å². The first-order valence-corrected chi connectivity index (χ1v) is 10.4. The molecule has 2 heterocycles. The lowest BCUT2D eigenvalue weighted by atomic mass is 10.2. The van der Waals surface area contributed by atoms with E-state index in [0.29, 0.717) is 12.5 Å². The Balaban J connectivity index is 1.40. The number of carbonyl (C=O) groups is 1. The summed E-state index contributed by atoms with van der Waals surface area (Å²) in [5.74, 6) is 0.955. The van der Waals surface area contributed by atoms with E-state index in [1.165, 1.54) is 22.1 Å². The topological polar surface area (TPSA) is 86.1 Å². The number of nitrogens with one attached hydrogen (secondary N) is 1. The first kappa shape index (κ1) is 19.3. The fourth-order valence-corrected chi connectivity index (χ4v) is 3.83. The number of hydrogen-bond donors (Lipinski definition) is 1. The van der Waals surface area contributed by atoms with Gasteiger partial charge in [0.15, 0.2) is 0 Å². The molecule has 0 radical (unpaired) electrons. The Morgan fingerprint density at radius 3 is 2.72 bits per heavy atom. The highest BCUT2D eigenvalue weighted by Crippen LogP contribution is 2.38. The maximum absolute atomic E-state index is 12.6. The van der Waals surface area contributed by atoms with Crippen molar-refractivity contribution >= 4 is 17.2 Å². The van der Waals surface area contributed by atoms with E-state index >= 15 is 0 Å². The number of methoxy groups -OCH3 is 1. The van der Waals surface area contributed by atoms with Crippen molar-refractivity contribution in [3.63, 3.8) is 0 Å². The third-order valence-electron chi connectivity index (χ3n) is 4.92. The van der Waals surface area contributed by atoms with Crippen molar-refractivity contribution < 1.29 is 9.53 Å². The first-order valence-electron chi connectivity index (χ1n) is 9.51. The minimum atomic E-state index is -0.680. The van der Waals surface area contributed by atoms with Crippen LogP contribution in [0, 0.1) is 0 Å². The van der Waals surface area contributed by atoms with Crippen molar-refractivity contribution in [2.24, 2.45) is 0 Å². The van der Waals surface area contributed by atoms with Gasteiger partial charge in [-0.2, -0.15) is 5.10 Å². The molecule has 1 saturated carbocycles. The SMILES string of the molecule is COc1ccc(-c2nc(CNC(=O)C(C)n3nc(C4CC4)ccc3=O)cs2)cc1. The second kappa shape index (κ2) is 8.16. The maximum atomic E-state index is 12.6. The average molecular weight is 410 g/mol. The highest BCUT2D eigenvalue weighted by Gasteiger charge is 2.27. The number of amides is 1. The molecular formula is C21H22N4O3S. The fraction of sp³-hybridized carbons (Fsp3) is 0.333. The van der Waals surface area contributed by atoms with Gasteiger partial charge in [0.1, 0.15) is 16.8 Å². The number of carbonyl (C=O) groups excluding carboxylic acids is 1. The molecule has 2 aromatic heterocycles. The van der Waals surface area contributed by atoms with Gasteiger partial charge in [-0.05, 0) is 50.1 Å². The van der Waals surface area contributed by atoms with Gasteiger partial charge in [-0.3, -0.25) is 9.59 Å². The van der Waals surface area contributed by atoms with Crippen LogP contribution in [0.5, 0.6) is 5.75 Å². The number of aromatic nitrogens is 3. The van der Waals surface area contributed by atoms with Crippen LogP contribution in [-0.4, -0.2) is 27.8 Å². The van der Waals surface area contributed by atoms with E-state index in [4.69, 9.17) is 4.74 Å². The number of benzene rings is 1.